The monoisotopic (exact) mass is 330 g/mol. The van der Waals surface area contributed by atoms with E-state index in [-0.39, 0.29) is 6.61 Å². The number of aromatic nitrogens is 2. The van der Waals surface area contributed by atoms with Crippen LogP contribution in [0.25, 0.3) is 11.0 Å². The van der Waals surface area contributed by atoms with Gasteiger partial charge in [0.05, 0.1) is 22.7 Å². The van der Waals surface area contributed by atoms with Gasteiger partial charge in [-0.1, -0.05) is 41.9 Å². The van der Waals surface area contributed by atoms with Gasteiger partial charge in [0.25, 0.3) is 0 Å². The lowest BCUT2D eigenvalue weighted by Gasteiger charge is -2.09. The van der Waals surface area contributed by atoms with Crippen LogP contribution in [0, 0.1) is 0 Å². The Labute approximate surface area is 140 Å². The van der Waals surface area contributed by atoms with Crippen molar-refractivity contribution in [3.8, 4) is 5.75 Å². The number of benzene rings is 2. The number of rotatable bonds is 6. The molecule has 120 valence electrons. The van der Waals surface area contributed by atoms with Crippen LogP contribution in [0.1, 0.15) is 18.3 Å². The average Bonchev–Trinajstić information content (AvgIpc) is 2.92. The minimum Gasteiger partial charge on any atom is -0.492 e. The van der Waals surface area contributed by atoms with Crippen molar-refractivity contribution >= 4 is 22.6 Å². The summed E-state index contributed by atoms with van der Waals surface area (Å²) in [6.45, 7) is 3.20. The van der Waals surface area contributed by atoms with Crippen molar-refractivity contribution in [3.63, 3.8) is 0 Å². The van der Waals surface area contributed by atoms with Crippen LogP contribution in [0.2, 0.25) is 5.02 Å². The molecule has 23 heavy (non-hydrogen) atoms. The van der Waals surface area contributed by atoms with Crippen LogP contribution in [0.3, 0.4) is 0 Å². The second kappa shape index (κ2) is 7.02. The predicted molar refractivity (Wildman–Crippen MR) is 92.0 cm³/mol. The zero-order valence-electron chi connectivity index (χ0n) is 13.0. The first-order chi connectivity index (χ1) is 11.2. The number of hydrogen-bond acceptors (Lipinski definition) is 3. The van der Waals surface area contributed by atoms with Crippen molar-refractivity contribution in [3.05, 3.63) is 58.9 Å². The molecule has 0 aliphatic rings. The number of aryl methyl sites for hydroxylation is 1. The summed E-state index contributed by atoms with van der Waals surface area (Å²) in [4.78, 5) is 4.44. The molecule has 0 spiro atoms. The second-order valence-corrected chi connectivity index (χ2v) is 5.69. The fourth-order valence-corrected chi connectivity index (χ4v) is 2.90. The van der Waals surface area contributed by atoms with Crippen LogP contribution in [-0.2, 0) is 19.6 Å². The molecule has 0 unspecified atom stereocenters. The summed E-state index contributed by atoms with van der Waals surface area (Å²) in [6, 6.07) is 13.9. The first kappa shape index (κ1) is 15.8. The van der Waals surface area contributed by atoms with Gasteiger partial charge in [0, 0.05) is 19.0 Å². The Morgan fingerprint density at radius 3 is 2.70 bits per heavy atom. The Bertz CT molecular complexity index is 800. The van der Waals surface area contributed by atoms with E-state index >= 15 is 0 Å². The van der Waals surface area contributed by atoms with Gasteiger partial charge in [0.15, 0.2) is 0 Å². The third-order valence-corrected chi connectivity index (χ3v) is 4.13. The molecular weight excluding hydrogens is 312 g/mol. The Kier molecular flexibility index (Phi) is 4.84. The van der Waals surface area contributed by atoms with Crippen molar-refractivity contribution in [1.29, 1.82) is 0 Å². The molecule has 1 heterocycles. The molecule has 0 atom stereocenters. The standard InChI is InChI=1S/C18H19ClN2O2/c1-2-21-16-10-14(19)17(11-15(16)20-18(21)12-22)23-9-8-13-6-4-3-5-7-13/h3-7,10-11,22H,2,8-9,12H2,1H3. The fourth-order valence-electron chi connectivity index (χ4n) is 2.68. The number of fused-ring (bicyclic) bond motifs is 1. The molecule has 3 rings (SSSR count). The summed E-state index contributed by atoms with van der Waals surface area (Å²) in [7, 11) is 0. The molecule has 0 saturated heterocycles. The zero-order chi connectivity index (χ0) is 16.2. The lowest BCUT2D eigenvalue weighted by Crippen LogP contribution is -2.02. The van der Waals surface area contributed by atoms with Crippen molar-refractivity contribution in [2.24, 2.45) is 0 Å². The van der Waals surface area contributed by atoms with Gasteiger partial charge >= 0.3 is 0 Å². The summed E-state index contributed by atoms with van der Waals surface area (Å²) in [5.41, 5.74) is 2.93. The molecule has 4 nitrogen and oxygen atoms in total. The van der Waals surface area contributed by atoms with E-state index in [4.69, 9.17) is 16.3 Å². The van der Waals surface area contributed by atoms with Crippen LogP contribution >= 0.6 is 11.6 Å². The van der Waals surface area contributed by atoms with E-state index in [1.807, 2.05) is 41.8 Å². The van der Waals surface area contributed by atoms with E-state index in [1.54, 1.807) is 0 Å². The number of hydrogen-bond donors (Lipinski definition) is 1. The minimum absolute atomic E-state index is 0.0929. The smallest absolute Gasteiger partial charge is 0.140 e. The van der Waals surface area contributed by atoms with Crippen molar-refractivity contribution in [2.45, 2.75) is 26.5 Å². The van der Waals surface area contributed by atoms with Gasteiger partial charge in [0.1, 0.15) is 18.2 Å². The Hall–Kier alpha value is -2.04. The zero-order valence-corrected chi connectivity index (χ0v) is 13.8. The van der Waals surface area contributed by atoms with Crippen LogP contribution in [-0.4, -0.2) is 21.3 Å². The number of aliphatic hydroxyl groups excluding tert-OH is 1. The molecule has 5 heteroatoms. The van der Waals surface area contributed by atoms with E-state index in [0.717, 1.165) is 24.0 Å². The van der Waals surface area contributed by atoms with Gasteiger partial charge in [-0.15, -0.1) is 0 Å². The highest BCUT2D eigenvalue weighted by atomic mass is 35.5. The first-order valence-corrected chi connectivity index (χ1v) is 8.07. The Morgan fingerprint density at radius 2 is 2.00 bits per heavy atom. The van der Waals surface area contributed by atoms with Gasteiger partial charge in [-0.2, -0.15) is 0 Å². The van der Waals surface area contributed by atoms with E-state index < -0.39 is 0 Å². The van der Waals surface area contributed by atoms with E-state index in [2.05, 4.69) is 17.1 Å². The SMILES string of the molecule is CCn1c(CO)nc2cc(OCCc3ccccc3)c(Cl)cc21. The minimum atomic E-state index is -0.0929. The van der Waals surface area contributed by atoms with Crippen molar-refractivity contribution in [2.75, 3.05) is 6.61 Å². The van der Waals surface area contributed by atoms with Gasteiger partial charge < -0.3 is 14.4 Å². The summed E-state index contributed by atoms with van der Waals surface area (Å²) in [5, 5.41) is 9.97. The maximum absolute atomic E-state index is 9.41. The molecular formula is C18H19ClN2O2. The quantitative estimate of drug-likeness (QED) is 0.747. The third kappa shape index (κ3) is 3.33. The van der Waals surface area contributed by atoms with Crippen molar-refractivity contribution < 1.29 is 9.84 Å². The van der Waals surface area contributed by atoms with Crippen molar-refractivity contribution in [1.82, 2.24) is 9.55 Å². The molecule has 1 N–H and O–H groups in total. The van der Waals surface area contributed by atoms with E-state index in [0.29, 0.717) is 23.2 Å². The third-order valence-electron chi connectivity index (χ3n) is 3.83. The maximum Gasteiger partial charge on any atom is 0.140 e. The largest absolute Gasteiger partial charge is 0.492 e. The molecule has 0 fully saturated rings. The Morgan fingerprint density at radius 1 is 1.22 bits per heavy atom. The predicted octanol–water partition coefficient (Wildman–Crippen LogP) is 3.82. The molecule has 2 aromatic carbocycles. The summed E-state index contributed by atoms with van der Waals surface area (Å²) >= 11 is 6.34. The van der Waals surface area contributed by atoms with Crippen LogP contribution in [0.5, 0.6) is 5.75 Å². The van der Waals surface area contributed by atoms with Crippen LogP contribution < -0.4 is 4.74 Å². The maximum atomic E-state index is 9.41. The van der Waals surface area contributed by atoms with Gasteiger partial charge in [-0.25, -0.2) is 4.98 Å². The van der Waals surface area contributed by atoms with E-state index in [1.165, 1.54) is 5.56 Å². The summed E-state index contributed by atoms with van der Waals surface area (Å²) in [6.07, 6.45) is 0.820. The Balaban J connectivity index is 1.80. The number of halogens is 1. The first-order valence-electron chi connectivity index (χ1n) is 7.69. The molecule has 0 aliphatic heterocycles. The second-order valence-electron chi connectivity index (χ2n) is 5.29. The van der Waals surface area contributed by atoms with Gasteiger partial charge in [-0.3, -0.25) is 0 Å². The highest BCUT2D eigenvalue weighted by molar-refractivity contribution is 6.32. The fraction of sp³-hybridized carbons (Fsp3) is 0.278. The summed E-state index contributed by atoms with van der Waals surface area (Å²) in [5.74, 6) is 1.26. The lowest BCUT2D eigenvalue weighted by molar-refractivity contribution is 0.266. The van der Waals surface area contributed by atoms with Gasteiger partial charge in [0.2, 0.25) is 0 Å². The molecule has 0 radical (unpaired) electrons. The van der Waals surface area contributed by atoms with E-state index in [9.17, 15) is 5.11 Å². The van der Waals surface area contributed by atoms with Gasteiger partial charge in [-0.05, 0) is 18.6 Å². The summed E-state index contributed by atoms with van der Waals surface area (Å²) < 4.78 is 7.77. The normalized spacial score (nSPS) is 11.1. The number of aliphatic hydroxyl groups is 1. The molecule has 3 aromatic rings. The average molecular weight is 331 g/mol. The topological polar surface area (TPSA) is 47.3 Å². The molecule has 0 aliphatic carbocycles. The highest BCUT2D eigenvalue weighted by Gasteiger charge is 2.12. The molecule has 0 saturated carbocycles. The molecule has 0 bridgehead atoms. The molecule has 1 aromatic heterocycles. The number of ether oxygens (including phenoxy) is 1. The molecule has 0 amide bonds. The van der Waals surface area contributed by atoms with Crippen LogP contribution in [0.15, 0.2) is 42.5 Å². The van der Waals surface area contributed by atoms with Crippen LogP contribution in [0.4, 0.5) is 0 Å². The highest BCUT2D eigenvalue weighted by Crippen LogP contribution is 2.30. The lowest BCUT2D eigenvalue weighted by atomic mass is 10.2. The number of nitrogens with zero attached hydrogens (tertiary/aromatic N) is 2. The number of imidazole rings is 1.